The maximum Gasteiger partial charge on any atom is 0.257 e. The number of hydrogen-bond donors (Lipinski definition) is 1. The number of anilines is 2. The molecule has 0 radical (unpaired) electrons. The minimum atomic E-state index is -0.0539. The van der Waals surface area contributed by atoms with E-state index in [4.69, 9.17) is 4.74 Å². The van der Waals surface area contributed by atoms with Gasteiger partial charge in [0.15, 0.2) is 5.82 Å². The first-order valence-corrected chi connectivity index (χ1v) is 12.0. The second kappa shape index (κ2) is 10.1. The van der Waals surface area contributed by atoms with Crippen LogP contribution >= 0.6 is 0 Å². The number of nitrogens with zero attached hydrogens (tertiary/aromatic N) is 4. The number of hydrogen-bond acceptors (Lipinski definition) is 6. The number of amides is 2. The standard InChI is InChI=1S/C27H29N5O3/c1-35-24-6-3-2-5-23(24)27(34)31-15-12-20(13-16-31)19-8-10-22(11-9-19)29-26(33)21-17-32(18-21)25-7-4-14-28-30-25/h2-11,14,20-21H,12-13,15-18H2,1H3,(H,29,33). The first-order chi connectivity index (χ1) is 17.1. The van der Waals surface area contributed by atoms with E-state index >= 15 is 0 Å². The summed E-state index contributed by atoms with van der Waals surface area (Å²) in [6, 6.07) is 19.2. The fourth-order valence-electron chi connectivity index (χ4n) is 4.78. The average molecular weight is 472 g/mol. The minimum absolute atomic E-state index is 0.0211. The summed E-state index contributed by atoms with van der Waals surface area (Å²) in [7, 11) is 1.59. The van der Waals surface area contributed by atoms with Gasteiger partial charge in [0.2, 0.25) is 5.91 Å². The molecule has 2 aliphatic heterocycles. The van der Waals surface area contributed by atoms with Crippen molar-refractivity contribution in [2.45, 2.75) is 18.8 Å². The maximum atomic E-state index is 13.0. The molecule has 180 valence electrons. The summed E-state index contributed by atoms with van der Waals surface area (Å²) in [6.45, 7) is 2.72. The Morgan fingerprint density at radius 2 is 1.71 bits per heavy atom. The zero-order valence-corrected chi connectivity index (χ0v) is 19.8. The quantitative estimate of drug-likeness (QED) is 0.591. The van der Waals surface area contributed by atoms with Gasteiger partial charge in [-0.25, -0.2) is 0 Å². The molecule has 3 aromatic rings. The third kappa shape index (κ3) is 4.96. The molecule has 0 atom stereocenters. The summed E-state index contributed by atoms with van der Waals surface area (Å²) in [5.74, 6) is 1.81. The highest BCUT2D eigenvalue weighted by molar-refractivity contribution is 5.97. The Morgan fingerprint density at radius 3 is 2.40 bits per heavy atom. The zero-order valence-electron chi connectivity index (χ0n) is 19.8. The van der Waals surface area contributed by atoms with E-state index < -0.39 is 0 Å². The van der Waals surface area contributed by atoms with Crippen LogP contribution in [-0.2, 0) is 4.79 Å². The van der Waals surface area contributed by atoms with Crippen molar-refractivity contribution in [3.63, 3.8) is 0 Å². The van der Waals surface area contributed by atoms with Crippen molar-refractivity contribution in [1.82, 2.24) is 15.1 Å². The fourth-order valence-corrected chi connectivity index (χ4v) is 4.78. The number of rotatable bonds is 6. The maximum absolute atomic E-state index is 13.0. The monoisotopic (exact) mass is 471 g/mol. The van der Waals surface area contributed by atoms with Crippen LogP contribution in [0.2, 0.25) is 0 Å². The molecule has 2 aliphatic rings. The summed E-state index contributed by atoms with van der Waals surface area (Å²) in [5.41, 5.74) is 2.66. The van der Waals surface area contributed by atoms with Crippen LogP contribution in [0.3, 0.4) is 0 Å². The van der Waals surface area contributed by atoms with Gasteiger partial charge in [0, 0.05) is 38.1 Å². The van der Waals surface area contributed by atoms with Crippen molar-refractivity contribution in [1.29, 1.82) is 0 Å². The Morgan fingerprint density at radius 1 is 0.971 bits per heavy atom. The van der Waals surface area contributed by atoms with E-state index in [0.717, 1.165) is 24.3 Å². The lowest BCUT2D eigenvalue weighted by molar-refractivity contribution is -0.120. The number of carbonyl (C=O) groups is 2. The third-order valence-corrected chi connectivity index (χ3v) is 6.90. The van der Waals surface area contributed by atoms with Crippen molar-refractivity contribution in [2.75, 3.05) is 43.5 Å². The van der Waals surface area contributed by atoms with E-state index in [1.54, 1.807) is 13.3 Å². The van der Waals surface area contributed by atoms with E-state index in [-0.39, 0.29) is 17.7 Å². The van der Waals surface area contributed by atoms with Crippen LogP contribution in [0, 0.1) is 5.92 Å². The van der Waals surface area contributed by atoms with Gasteiger partial charge in [-0.2, -0.15) is 5.10 Å². The van der Waals surface area contributed by atoms with Gasteiger partial charge >= 0.3 is 0 Å². The van der Waals surface area contributed by atoms with Gasteiger partial charge in [0.1, 0.15) is 5.75 Å². The van der Waals surface area contributed by atoms with Crippen LogP contribution in [0.1, 0.15) is 34.7 Å². The summed E-state index contributed by atoms with van der Waals surface area (Å²) in [4.78, 5) is 29.5. The number of aromatic nitrogens is 2. The lowest BCUT2D eigenvalue weighted by Crippen LogP contribution is -2.52. The molecule has 0 aliphatic carbocycles. The van der Waals surface area contributed by atoms with Gasteiger partial charge in [0.05, 0.1) is 18.6 Å². The molecule has 8 heteroatoms. The summed E-state index contributed by atoms with van der Waals surface area (Å²) in [6.07, 6.45) is 3.46. The topological polar surface area (TPSA) is 87.7 Å². The Bertz CT molecular complexity index is 1170. The predicted octanol–water partition coefficient (Wildman–Crippen LogP) is 3.58. The molecule has 1 aromatic heterocycles. The molecule has 5 rings (SSSR count). The van der Waals surface area contributed by atoms with E-state index in [2.05, 4.69) is 27.6 Å². The second-order valence-electron chi connectivity index (χ2n) is 9.06. The number of ether oxygens (including phenoxy) is 1. The highest BCUT2D eigenvalue weighted by Crippen LogP contribution is 2.31. The predicted molar refractivity (Wildman–Crippen MR) is 134 cm³/mol. The molecule has 0 unspecified atom stereocenters. The molecular formula is C27H29N5O3. The van der Waals surface area contributed by atoms with E-state index in [0.29, 0.717) is 43.4 Å². The smallest absolute Gasteiger partial charge is 0.257 e. The van der Waals surface area contributed by atoms with Crippen LogP contribution in [0.25, 0.3) is 0 Å². The van der Waals surface area contributed by atoms with Gasteiger partial charge in [-0.15, -0.1) is 5.10 Å². The van der Waals surface area contributed by atoms with E-state index in [9.17, 15) is 9.59 Å². The second-order valence-corrected chi connectivity index (χ2v) is 9.06. The third-order valence-electron chi connectivity index (χ3n) is 6.90. The van der Waals surface area contributed by atoms with Crippen LogP contribution < -0.4 is 15.0 Å². The van der Waals surface area contributed by atoms with Crippen molar-refractivity contribution >= 4 is 23.3 Å². The van der Waals surface area contributed by atoms with Crippen LogP contribution in [0.5, 0.6) is 5.75 Å². The molecular weight excluding hydrogens is 442 g/mol. The summed E-state index contributed by atoms with van der Waals surface area (Å²) in [5, 5.41) is 11.0. The lowest BCUT2D eigenvalue weighted by atomic mass is 9.89. The number of nitrogens with one attached hydrogen (secondary N) is 1. The fraction of sp³-hybridized carbons (Fsp3) is 0.333. The van der Waals surface area contributed by atoms with Crippen molar-refractivity contribution in [3.8, 4) is 5.75 Å². The van der Waals surface area contributed by atoms with Crippen LogP contribution in [0.15, 0.2) is 66.9 Å². The van der Waals surface area contributed by atoms with Gasteiger partial charge < -0.3 is 19.9 Å². The number of piperidine rings is 1. The van der Waals surface area contributed by atoms with Crippen molar-refractivity contribution in [2.24, 2.45) is 5.92 Å². The number of para-hydroxylation sites is 1. The molecule has 3 heterocycles. The Labute approximate surface area is 204 Å². The first-order valence-electron chi connectivity index (χ1n) is 12.0. The lowest BCUT2D eigenvalue weighted by Gasteiger charge is -2.38. The number of benzene rings is 2. The van der Waals surface area contributed by atoms with E-state index in [1.165, 1.54) is 5.56 Å². The molecule has 0 bridgehead atoms. The van der Waals surface area contributed by atoms with Crippen LogP contribution in [0.4, 0.5) is 11.5 Å². The van der Waals surface area contributed by atoms with Crippen molar-refractivity contribution < 1.29 is 14.3 Å². The average Bonchev–Trinajstić information content (AvgIpc) is 2.88. The minimum Gasteiger partial charge on any atom is -0.496 e. The molecule has 8 nitrogen and oxygen atoms in total. The largest absolute Gasteiger partial charge is 0.496 e. The zero-order chi connectivity index (χ0) is 24.2. The molecule has 0 spiro atoms. The summed E-state index contributed by atoms with van der Waals surface area (Å²) >= 11 is 0. The van der Waals surface area contributed by atoms with E-state index in [1.807, 2.05) is 58.3 Å². The van der Waals surface area contributed by atoms with Gasteiger partial charge in [0.25, 0.3) is 5.91 Å². The van der Waals surface area contributed by atoms with Gasteiger partial charge in [-0.3, -0.25) is 9.59 Å². The summed E-state index contributed by atoms with van der Waals surface area (Å²) < 4.78 is 5.35. The normalized spacial score (nSPS) is 16.5. The highest BCUT2D eigenvalue weighted by Gasteiger charge is 2.33. The van der Waals surface area contributed by atoms with Crippen molar-refractivity contribution in [3.05, 3.63) is 78.0 Å². The SMILES string of the molecule is COc1ccccc1C(=O)N1CCC(c2ccc(NC(=O)C3CN(c4cccnn4)C3)cc2)CC1. The number of methoxy groups -OCH3 is 1. The molecule has 0 saturated carbocycles. The number of likely N-dealkylation sites (tertiary alicyclic amines) is 1. The van der Waals surface area contributed by atoms with Gasteiger partial charge in [-0.05, 0) is 60.7 Å². The Hall–Kier alpha value is -3.94. The molecule has 35 heavy (non-hydrogen) atoms. The first kappa shape index (κ1) is 22.8. The molecule has 2 aromatic carbocycles. The molecule has 1 N–H and O–H groups in total. The Kier molecular flexibility index (Phi) is 6.61. The number of carbonyl (C=O) groups excluding carboxylic acids is 2. The Balaban J connectivity index is 1.11. The molecule has 2 saturated heterocycles. The van der Waals surface area contributed by atoms with Gasteiger partial charge in [-0.1, -0.05) is 24.3 Å². The molecule has 2 amide bonds. The molecule has 2 fully saturated rings. The highest BCUT2D eigenvalue weighted by atomic mass is 16.5. The van der Waals surface area contributed by atoms with Crippen LogP contribution in [-0.4, -0.2) is 60.2 Å².